The quantitative estimate of drug-likeness (QED) is 0.778. The molecule has 3 atom stereocenters. The molecule has 1 aromatic rings. The smallest absolute Gasteiger partial charge is 0.307 e. The van der Waals surface area contributed by atoms with Gasteiger partial charge in [0.05, 0.1) is 5.92 Å². The summed E-state index contributed by atoms with van der Waals surface area (Å²) in [6.45, 7) is 2.12. The number of carboxylic acids is 1. The molecule has 1 N–H and O–H groups in total. The Kier molecular flexibility index (Phi) is 2.28. The van der Waals surface area contributed by atoms with Crippen molar-refractivity contribution in [3.8, 4) is 0 Å². The number of carbonyl (C=O) groups is 1. The van der Waals surface area contributed by atoms with Crippen molar-refractivity contribution in [2.24, 2.45) is 11.8 Å². The molecule has 1 saturated carbocycles. The summed E-state index contributed by atoms with van der Waals surface area (Å²) in [7, 11) is 0. The van der Waals surface area contributed by atoms with Crippen molar-refractivity contribution in [3.05, 3.63) is 35.9 Å². The third-order valence-electron chi connectivity index (χ3n) is 3.17. The normalized spacial score (nSPS) is 30.8. The van der Waals surface area contributed by atoms with E-state index in [9.17, 15) is 4.79 Å². The van der Waals surface area contributed by atoms with Gasteiger partial charge in [0.25, 0.3) is 0 Å². The van der Waals surface area contributed by atoms with Crippen LogP contribution in [0.4, 0.5) is 0 Å². The summed E-state index contributed by atoms with van der Waals surface area (Å²) in [5, 5.41) is 8.98. The van der Waals surface area contributed by atoms with Crippen LogP contribution in [0, 0.1) is 11.8 Å². The Morgan fingerprint density at radius 3 is 2.50 bits per heavy atom. The third kappa shape index (κ3) is 1.41. The molecular formula is C12H14O2. The highest BCUT2D eigenvalue weighted by Crippen LogP contribution is 2.47. The molecule has 2 heteroatoms. The summed E-state index contributed by atoms with van der Waals surface area (Å²) < 4.78 is 0. The molecule has 0 aromatic heterocycles. The number of benzene rings is 1. The second-order valence-electron chi connectivity index (χ2n) is 4.09. The minimum Gasteiger partial charge on any atom is -0.481 e. The molecule has 1 aliphatic carbocycles. The van der Waals surface area contributed by atoms with E-state index in [1.807, 2.05) is 30.3 Å². The Morgan fingerprint density at radius 2 is 2.00 bits per heavy atom. The standard InChI is InChI=1S/C12H14O2/c1-8-7-10(12(13)14)11(8)9-5-3-2-4-6-9/h2-6,8,10-11H,7H2,1H3,(H,13,14)/t8-,10?,11?/m1/s1. The van der Waals surface area contributed by atoms with Crippen molar-refractivity contribution in [1.82, 2.24) is 0 Å². The molecule has 0 amide bonds. The largest absolute Gasteiger partial charge is 0.481 e. The predicted octanol–water partition coefficient (Wildman–Crippen LogP) is 2.51. The molecule has 1 fully saturated rings. The van der Waals surface area contributed by atoms with Crippen LogP contribution in [0.3, 0.4) is 0 Å². The lowest BCUT2D eigenvalue weighted by Crippen LogP contribution is -2.38. The maximum absolute atomic E-state index is 10.9. The van der Waals surface area contributed by atoms with Gasteiger partial charge in [0.2, 0.25) is 0 Å². The second kappa shape index (κ2) is 3.45. The average Bonchev–Trinajstić information content (AvgIpc) is 2.15. The number of hydrogen-bond donors (Lipinski definition) is 1. The minimum atomic E-state index is -0.656. The molecule has 1 aliphatic rings. The zero-order valence-corrected chi connectivity index (χ0v) is 8.18. The number of hydrogen-bond acceptors (Lipinski definition) is 1. The Balaban J connectivity index is 2.21. The zero-order chi connectivity index (χ0) is 10.1. The van der Waals surface area contributed by atoms with E-state index >= 15 is 0 Å². The van der Waals surface area contributed by atoms with Crippen LogP contribution in [0.15, 0.2) is 30.3 Å². The molecule has 0 radical (unpaired) electrons. The predicted molar refractivity (Wildman–Crippen MR) is 54.1 cm³/mol. The second-order valence-corrected chi connectivity index (χ2v) is 4.09. The van der Waals surface area contributed by atoms with Crippen LogP contribution in [0.2, 0.25) is 0 Å². The van der Waals surface area contributed by atoms with Crippen LogP contribution in [-0.4, -0.2) is 11.1 Å². The van der Waals surface area contributed by atoms with Crippen LogP contribution in [0.5, 0.6) is 0 Å². The van der Waals surface area contributed by atoms with Gasteiger partial charge in [-0.1, -0.05) is 37.3 Å². The zero-order valence-electron chi connectivity index (χ0n) is 8.18. The van der Waals surface area contributed by atoms with Crippen LogP contribution < -0.4 is 0 Å². The molecule has 74 valence electrons. The summed E-state index contributed by atoms with van der Waals surface area (Å²) >= 11 is 0. The summed E-state index contributed by atoms with van der Waals surface area (Å²) in [4.78, 5) is 10.9. The fraction of sp³-hybridized carbons (Fsp3) is 0.417. The molecule has 0 heterocycles. The van der Waals surface area contributed by atoms with E-state index in [1.54, 1.807) is 0 Å². The first-order valence-corrected chi connectivity index (χ1v) is 4.98. The van der Waals surface area contributed by atoms with E-state index in [4.69, 9.17) is 5.11 Å². The molecule has 0 spiro atoms. The highest BCUT2D eigenvalue weighted by Gasteiger charge is 2.43. The van der Waals surface area contributed by atoms with Crippen LogP contribution in [0.25, 0.3) is 0 Å². The van der Waals surface area contributed by atoms with Gasteiger partial charge in [-0.05, 0) is 23.8 Å². The van der Waals surface area contributed by atoms with Crippen molar-refractivity contribution < 1.29 is 9.90 Å². The fourth-order valence-electron chi connectivity index (χ4n) is 2.39. The van der Waals surface area contributed by atoms with Gasteiger partial charge in [0.15, 0.2) is 0 Å². The summed E-state index contributed by atoms with van der Waals surface area (Å²) in [6.07, 6.45) is 0.814. The Morgan fingerprint density at radius 1 is 1.36 bits per heavy atom. The van der Waals surface area contributed by atoms with Crippen molar-refractivity contribution in [1.29, 1.82) is 0 Å². The van der Waals surface area contributed by atoms with E-state index in [0.29, 0.717) is 5.92 Å². The monoisotopic (exact) mass is 190 g/mol. The molecule has 1 aromatic carbocycles. The first-order valence-electron chi connectivity index (χ1n) is 4.98. The maximum Gasteiger partial charge on any atom is 0.307 e. The molecule has 0 aliphatic heterocycles. The molecular weight excluding hydrogens is 176 g/mol. The van der Waals surface area contributed by atoms with Crippen molar-refractivity contribution >= 4 is 5.97 Å². The molecule has 14 heavy (non-hydrogen) atoms. The fourth-order valence-corrected chi connectivity index (χ4v) is 2.39. The van der Waals surface area contributed by atoms with Crippen molar-refractivity contribution in [3.63, 3.8) is 0 Å². The third-order valence-corrected chi connectivity index (χ3v) is 3.17. The van der Waals surface area contributed by atoms with Gasteiger partial charge in [0.1, 0.15) is 0 Å². The number of carboxylic acid groups (broad SMARTS) is 1. The van der Waals surface area contributed by atoms with Gasteiger partial charge >= 0.3 is 5.97 Å². The van der Waals surface area contributed by atoms with E-state index in [-0.39, 0.29) is 11.8 Å². The lowest BCUT2D eigenvalue weighted by molar-refractivity contribution is -0.147. The van der Waals surface area contributed by atoms with Gasteiger partial charge in [-0.15, -0.1) is 0 Å². The highest BCUT2D eigenvalue weighted by molar-refractivity contribution is 5.73. The first-order chi connectivity index (χ1) is 6.70. The molecule has 2 unspecified atom stereocenters. The van der Waals surface area contributed by atoms with E-state index in [1.165, 1.54) is 5.56 Å². The van der Waals surface area contributed by atoms with Gasteiger partial charge in [0, 0.05) is 0 Å². The maximum atomic E-state index is 10.9. The van der Waals surface area contributed by atoms with Crippen molar-refractivity contribution in [2.75, 3.05) is 0 Å². The summed E-state index contributed by atoms with van der Waals surface area (Å²) in [5.74, 6) is -0.114. The van der Waals surface area contributed by atoms with Gasteiger partial charge < -0.3 is 5.11 Å². The molecule has 0 bridgehead atoms. The van der Waals surface area contributed by atoms with Crippen molar-refractivity contribution in [2.45, 2.75) is 19.3 Å². The van der Waals surface area contributed by atoms with E-state index < -0.39 is 5.97 Å². The SMILES string of the molecule is C[C@@H]1CC(C(=O)O)C1c1ccccc1. The van der Waals surface area contributed by atoms with Gasteiger partial charge in [-0.3, -0.25) is 4.79 Å². The topological polar surface area (TPSA) is 37.3 Å². The number of rotatable bonds is 2. The average molecular weight is 190 g/mol. The highest BCUT2D eigenvalue weighted by atomic mass is 16.4. The van der Waals surface area contributed by atoms with E-state index in [0.717, 1.165) is 6.42 Å². The molecule has 0 saturated heterocycles. The lowest BCUT2D eigenvalue weighted by atomic mass is 9.63. The van der Waals surface area contributed by atoms with Crippen LogP contribution >= 0.6 is 0 Å². The lowest BCUT2D eigenvalue weighted by Gasteiger charge is -2.40. The van der Waals surface area contributed by atoms with Gasteiger partial charge in [-0.2, -0.15) is 0 Å². The number of aliphatic carboxylic acids is 1. The summed E-state index contributed by atoms with van der Waals surface area (Å²) in [5.41, 5.74) is 1.17. The summed E-state index contributed by atoms with van der Waals surface area (Å²) in [6, 6.07) is 9.95. The Hall–Kier alpha value is -1.31. The van der Waals surface area contributed by atoms with E-state index in [2.05, 4.69) is 6.92 Å². The molecule has 2 nitrogen and oxygen atoms in total. The van der Waals surface area contributed by atoms with Crippen LogP contribution in [0.1, 0.15) is 24.8 Å². The Bertz CT molecular complexity index is 331. The minimum absolute atomic E-state index is 0.174. The Labute approximate surface area is 83.6 Å². The van der Waals surface area contributed by atoms with Crippen LogP contribution in [-0.2, 0) is 4.79 Å². The molecule has 2 rings (SSSR count). The first kappa shape index (κ1) is 9.25. The van der Waals surface area contributed by atoms with Gasteiger partial charge in [-0.25, -0.2) is 0 Å².